The van der Waals surface area contributed by atoms with Crippen LogP contribution < -0.4 is 21.2 Å². The first-order valence-electron chi connectivity index (χ1n) is 11.0. The van der Waals surface area contributed by atoms with Crippen LogP contribution in [-0.2, 0) is 26.0 Å². The van der Waals surface area contributed by atoms with Crippen molar-refractivity contribution >= 4 is 50.9 Å². The first kappa shape index (κ1) is 31.9. The van der Waals surface area contributed by atoms with E-state index in [9.17, 15) is 36.3 Å². The van der Waals surface area contributed by atoms with Crippen LogP contribution in [0.4, 0.5) is 13.2 Å². The fourth-order valence-electron chi connectivity index (χ4n) is 3.31. The Kier molecular flexibility index (Phi) is 11.2. The van der Waals surface area contributed by atoms with Crippen LogP contribution in [0.3, 0.4) is 0 Å². The highest BCUT2D eigenvalue weighted by atomic mass is 35.5. The molecule has 2 aromatic rings. The smallest absolute Gasteiger partial charge is 0.480 e. The number of amides is 1. The van der Waals surface area contributed by atoms with E-state index < -0.39 is 50.5 Å². The van der Waals surface area contributed by atoms with Crippen molar-refractivity contribution in [1.82, 2.24) is 15.8 Å². The monoisotopic (exact) mass is 613 g/mol. The van der Waals surface area contributed by atoms with Crippen LogP contribution in [0.2, 0.25) is 10.0 Å². The van der Waals surface area contributed by atoms with Gasteiger partial charge in [-0.3, -0.25) is 15.2 Å². The number of nitrogens with one attached hydrogen (secondary N) is 3. The molecule has 0 fully saturated rings. The molecule has 17 heteroatoms. The second-order valence-corrected chi connectivity index (χ2v) is 10.9. The number of benzene rings is 2. The van der Waals surface area contributed by atoms with Gasteiger partial charge in [-0.15, -0.1) is 13.2 Å². The Labute approximate surface area is 231 Å². The van der Waals surface area contributed by atoms with Crippen LogP contribution in [-0.4, -0.2) is 61.1 Å². The minimum Gasteiger partial charge on any atom is -0.480 e. The summed E-state index contributed by atoms with van der Waals surface area (Å²) in [5.41, 5.74) is 8.28. The maximum absolute atomic E-state index is 13.2. The van der Waals surface area contributed by atoms with Gasteiger partial charge in [0, 0.05) is 23.1 Å². The van der Waals surface area contributed by atoms with Gasteiger partial charge < -0.3 is 20.9 Å². The first-order chi connectivity index (χ1) is 18.1. The van der Waals surface area contributed by atoms with E-state index in [2.05, 4.69) is 15.5 Å². The number of hydrogen-bond acceptors (Lipinski definition) is 7. The molecule has 214 valence electrons. The van der Waals surface area contributed by atoms with Crippen molar-refractivity contribution in [3.05, 3.63) is 58.1 Å². The van der Waals surface area contributed by atoms with Gasteiger partial charge >= 0.3 is 12.3 Å². The molecule has 0 radical (unpaired) electrons. The van der Waals surface area contributed by atoms with E-state index in [4.69, 9.17) is 34.3 Å². The Bertz CT molecular complexity index is 1280. The van der Waals surface area contributed by atoms with Gasteiger partial charge in [0.05, 0.1) is 4.90 Å². The molecule has 0 heterocycles. The lowest BCUT2D eigenvalue weighted by Crippen LogP contribution is -2.54. The summed E-state index contributed by atoms with van der Waals surface area (Å²) < 4.78 is 66.6. The zero-order valence-corrected chi connectivity index (χ0v) is 22.3. The number of alkyl halides is 3. The number of halogens is 5. The van der Waals surface area contributed by atoms with Gasteiger partial charge in [-0.25, -0.2) is 18.6 Å². The van der Waals surface area contributed by atoms with Crippen molar-refractivity contribution in [2.24, 2.45) is 5.73 Å². The van der Waals surface area contributed by atoms with Crippen molar-refractivity contribution in [3.8, 4) is 5.75 Å². The van der Waals surface area contributed by atoms with Gasteiger partial charge in [0.2, 0.25) is 0 Å². The molecule has 0 bridgehead atoms. The van der Waals surface area contributed by atoms with Gasteiger partial charge in [-0.2, -0.15) is 0 Å². The minimum absolute atomic E-state index is 0.107. The SMILES string of the molecule is N=C(N)NCCC[C@@H](C(=O)O)N(NCc1cc(Cl)cc(Cl)c1)C(=O)CS(=O)(=O)c1ccc(OC(F)(F)F)cc1. The first-order valence-corrected chi connectivity index (χ1v) is 13.4. The van der Waals surface area contributed by atoms with E-state index >= 15 is 0 Å². The number of nitrogens with zero attached hydrogens (tertiary/aromatic N) is 1. The van der Waals surface area contributed by atoms with Crippen molar-refractivity contribution < 1.29 is 41.0 Å². The van der Waals surface area contributed by atoms with Gasteiger partial charge in [0.1, 0.15) is 17.5 Å². The number of hydrazine groups is 1. The highest BCUT2D eigenvalue weighted by Gasteiger charge is 2.34. The predicted molar refractivity (Wildman–Crippen MR) is 136 cm³/mol. The average Bonchev–Trinajstić information content (AvgIpc) is 2.78. The van der Waals surface area contributed by atoms with E-state index in [-0.39, 0.29) is 41.9 Å². The van der Waals surface area contributed by atoms with Gasteiger partial charge in [0.15, 0.2) is 15.8 Å². The van der Waals surface area contributed by atoms with E-state index in [0.717, 1.165) is 24.3 Å². The number of aliphatic carboxylic acids is 1. The third kappa shape index (κ3) is 10.8. The fraction of sp³-hybridized carbons (Fsp3) is 0.318. The summed E-state index contributed by atoms with van der Waals surface area (Å²) in [6.07, 6.45) is -5.01. The number of hydrogen-bond donors (Lipinski definition) is 5. The van der Waals surface area contributed by atoms with Crippen molar-refractivity contribution in [3.63, 3.8) is 0 Å². The summed E-state index contributed by atoms with van der Waals surface area (Å²) in [6.45, 7) is -0.0549. The minimum atomic E-state index is -4.98. The van der Waals surface area contributed by atoms with E-state index in [1.54, 1.807) is 0 Å². The molecule has 0 aliphatic rings. The number of guanidine groups is 1. The average molecular weight is 614 g/mol. The molecule has 0 unspecified atom stereocenters. The molecule has 0 aromatic heterocycles. The molecule has 0 saturated heterocycles. The zero-order valence-electron chi connectivity index (χ0n) is 20.0. The Balaban J connectivity index is 2.28. The standard InChI is InChI=1S/C22H24Cl2F3N5O6S/c23-14-8-13(9-15(24)10-14)11-31-32(18(20(34)35)2-1-7-30-21(28)29)19(33)12-39(36,37)17-5-3-16(4-6-17)38-22(25,26)27/h3-6,8-10,18,31H,1-2,7,11-12H2,(H,34,35)(H4,28,29,30)/t18-/m0/s1. The normalized spacial score (nSPS) is 12.4. The van der Waals surface area contributed by atoms with E-state index in [0.29, 0.717) is 10.6 Å². The molecule has 11 nitrogen and oxygen atoms in total. The van der Waals surface area contributed by atoms with Gasteiger partial charge in [0.25, 0.3) is 5.91 Å². The second-order valence-electron chi connectivity index (χ2n) is 7.99. The summed E-state index contributed by atoms with van der Waals surface area (Å²) in [4.78, 5) is 24.7. The Morgan fingerprint density at radius 3 is 2.23 bits per heavy atom. The number of carboxylic acids is 1. The molecular weight excluding hydrogens is 590 g/mol. The maximum Gasteiger partial charge on any atom is 0.573 e. The summed E-state index contributed by atoms with van der Waals surface area (Å²) in [7, 11) is -4.42. The molecule has 0 aliphatic heterocycles. The molecule has 0 spiro atoms. The molecule has 39 heavy (non-hydrogen) atoms. The highest BCUT2D eigenvalue weighted by molar-refractivity contribution is 7.92. The van der Waals surface area contributed by atoms with Gasteiger partial charge in [-0.05, 0) is 60.9 Å². The number of carboxylic acid groups (broad SMARTS) is 1. The molecule has 1 amide bonds. The third-order valence-electron chi connectivity index (χ3n) is 4.94. The Morgan fingerprint density at radius 2 is 1.72 bits per heavy atom. The quantitative estimate of drug-likeness (QED) is 0.0984. The molecule has 1 atom stereocenters. The number of sulfone groups is 1. The van der Waals surface area contributed by atoms with Crippen molar-refractivity contribution in [1.29, 1.82) is 5.41 Å². The fourth-order valence-corrected chi connectivity index (χ4v) is 5.06. The third-order valence-corrected chi connectivity index (χ3v) is 6.99. The lowest BCUT2D eigenvalue weighted by molar-refractivity contribution is -0.274. The molecule has 0 saturated carbocycles. The van der Waals surface area contributed by atoms with Crippen molar-refractivity contribution in [2.45, 2.75) is 36.7 Å². The van der Waals surface area contributed by atoms with Crippen LogP contribution in [0, 0.1) is 5.41 Å². The molecule has 6 N–H and O–H groups in total. The van der Waals surface area contributed by atoms with Crippen LogP contribution >= 0.6 is 23.2 Å². The Hall–Kier alpha value is -3.27. The topological polar surface area (TPSA) is 175 Å². The molecule has 0 aliphatic carbocycles. The number of nitrogens with two attached hydrogens (primary N) is 1. The largest absolute Gasteiger partial charge is 0.573 e. The number of ether oxygens (including phenoxy) is 1. The number of carbonyl (C=O) groups excluding carboxylic acids is 1. The lowest BCUT2D eigenvalue weighted by atomic mass is 10.1. The summed E-state index contributed by atoms with van der Waals surface area (Å²) in [5, 5.41) is 20.7. The van der Waals surface area contributed by atoms with Gasteiger partial charge in [-0.1, -0.05) is 23.2 Å². The van der Waals surface area contributed by atoms with Crippen LogP contribution in [0.25, 0.3) is 0 Å². The molecule has 2 rings (SSSR count). The van der Waals surface area contributed by atoms with E-state index in [1.807, 2.05) is 0 Å². The number of carbonyl (C=O) groups is 2. The van der Waals surface area contributed by atoms with E-state index in [1.165, 1.54) is 18.2 Å². The zero-order chi connectivity index (χ0) is 29.4. The number of rotatable bonds is 13. The highest BCUT2D eigenvalue weighted by Crippen LogP contribution is 2.25. The Morgan fingerprint density at radius 1 is 1.13 bits per heavy atom. The summed E-state index contributed by atoms with van der Waals surface area (Å²) >= 11 is 12.0. The summed E-state index contributed by atoms with van der Waals surface area (Å²) in [6, 6.07) is 6.11. The molecular formula is C22H24Cl2F3N5O6S. The van der Waals surface area contributed by atoms with Crippen molar-refractivity contribution in [2.75, 3.05) is 12.3 Å². The summed E-state index contributed by atoms with van der Waals surface area (Å²) in [5.74, 6) is -4.81. The predicted octanol–water partition coefficient (Wildman–Crippen LogP) is 2.92. The van der Waals surface area contributed by atoms with Crippen LogP contribution in [0.5, 0.6) is 5.75 Å². The second kappa shape index (κ2) is 13.7. The lowest BCUT2D eigenvalue weighted by Gasteiger charge is -2.30. The van der Waals surface area contributed by atoms with Crippen LogP contribution in [0.15, 0.2) is 47.4 Å². The van der Waals surface area contributed by atoms with Crippen LogP contribution in [0.1, 0.15) is 18.4 Å². The molecule has 2 aromatic carbocycles. The maximum atomic E-state index is 13.2.